The molecule has 0 aliphatic carbocycles. The van der Waals surface area contributed by atoms with Gasteiger partial charge in [0.25, 0.3) is 0 Å². The normalized spacial score (nSPS) is 22.3. The first-order chi connectivity index (χ1) is 7.68. The van der Waals surface area contributed by atoms with Crippen LogP contribution in [0, 0.1) is 5.82 Å². The molecule has 16 heavy (non-hydrogen) atoms. The number of nitrogens with zero attached hydrogens (tertiary/aromatic N) is 1. The smallest absolute Gasteiger partial charge is 0.137 e. The van der Waals surface area contributed by atoms with Crippen molar-refractivity contribution in [3.05, 3.63) is 34.1 Å². The van der Waals surface area contributed by atoms with Crippen LogP contribution < -0.4 is 5.32 Å². The first-order valence-corrected chi connectivity index (χ1v) is 6.35. The van der Waals surface area contributed by atoms with E-state index in [-0.39, 0.29) is 5.82 Å². The molecule has 1 fully saturated rings. The molecule has 1 aromatic carbocycles. The van der Waals surface area contributed by atoms with E-state index in [1.165, 1.54) is 6.07 Å². The third kappa shape index (κ3) is 2.62. The maximum Gasteiger partial charge on any atom is 0.137 e. The van der Waals surface area contributed by atoms with Crippen molar-refractivity contribution in [1.82, 2.24) is 10.2 Å². The van der Waals surface area contributed by atoms with Gasteiger partial charge in [0.2, 0.25) is 0 Å². The largest absolute Gasteiger partial charge is 0.314 e. The molecule has 4 heteroatoms. The summed E-state index contributed by atoms with van der Waals surface area (Å²) < 4.78 is 14.0. The van der Waals surface area contributed by atoms with Gasteiger partial charge >= 0.3 is 0 Å². The molecule has 1 saturated heterocycles. The van der Waals surface area contributed by atoms with Crippen LogP contribution in [0.3, 0.4) is 0 Å². The minimum Gasteiger partial charge on any atom is -0.314 e. The third-order valence-electron chi connectivity index (χ3n) is 3.04. The Morgan fingerprint density at radius 2 is 2.38 bits per heavy atom. The Balaban J connectivity index is 2.10. The first kappa shape index (κ1) is 12.0. The molecule has 1 heterocycles. The lowest BCUT2D eigenvalue weighted by molar-refractivity contribution is 0.165. The molecule has 1 atom stereocenters. The Morgan fingerprint density at radius 3 is 3.12 bits per heavy atom. The zero-order valence-corrected chi connectivity index (χ0v) is 10.9. The van der Waals surface area contributed by atoms with Gasteiger partial charge in [-0.15, -0.1) is 0 Å². The standard InChI is InChI=1S/C12H16BrFN2/c1-9-7-15-5-6-16(9)8-10-3-2-4-11(14)12(10)13/h2-4,9,15H,5-8H2,1H3/t9-/m1/s1. The van der Waals surface area contributed by atoms with Crippen molar-refractivity contribution in [2.24, 2.45) is 0 Å². The Hall–Kier alpha value is -0.450. The van der Waals surface area contributed by atoms with Crippen LogP contribution in [0.1, 0.15) is 12.5 Å². The summed E-state index contributed by atoms with van der Waals surface area (Å²) in [6, 6.07) is 5.72. The molecule has 1 N–H and O–H groups in total. The summed E-state index contributed by atoms with van der Waals surface area (Å²) in [7, 11) is 0. The van der Waals surface area contributed by atoms with Crippen molar-refractivity contribution in [3.8, 4) is 0 Å². The van der Waals surface area contributed by atoms with Crippen molar-refractivity contribution in [2.45, 2.75) is 19.5 Å². The summed E-state index contributed by atoms with van der Waals surface area (Å²) in [5, 5.41) is 3.35. The fourth-order valence-corrected chi connectivity index (χ4v) is 2.40. The van der Waals surface area contributed by atoms with Crippen LogP contribution >= 0.6 is 15.9 Å². The van der Waals surface area contributed by atoms with E-state index in [2.05, 4.69) is 33.1 Å². The second-order valence-corrected chi connectivity index (χ2v) is 5.03. The average Bonchev–Trinajstić information content (AvgIpc) is 2.28. The molecule has 0 bridgehead atoms. The average molecular weight is 287 g/mol. The van der Waals surface area contributed by atoms with Crippen LogP contribution in [-0.2, 0) is 6.54 Å². The molecule has 1 aromatic rings. The van der Waals surface area contributed by atoms with E-state index in [4.69, 9.17) is 0 Å². The molecule has 2 rings (SSSR count). The molecule has 1 aliphatic rings. The van der Waals surface area contributed by atoms with E-state index in [1.54, 1.807) is 6.07 Å². The van der Waals surface area contributed by atoms with Crippen LogP contribution in [0.25, 0.3) is 0 Å². The van der Waals surface area contributed by atoms with Gasteiger partial charge in [-0.25, -0.2) is 4.39 Å². The lowest BCUT2D eigenvalue weighted by Gasteiger charge is -2.34. The van der Waals surface area contributed by atoms with Crippen molar-refractivity contribution in [1.29, 1.82) is 0 Å². The van der Waals surface area contributed by atoms with Crippen molar-refractivity contribution >= 4 is 15.9 Å². The number of hydrogen-bond donors (Lipinski definition) is 1. The number of hydrogen-bond acceptors (Lipinski definition) is 2. The summed E-state index contributed by atoms with van der Waals surface area (Å²) in [5.74, 6) is -0.180. The summed E-state index contributed by atoms with van der Waals surface area (Å²) in [4.78, 5) is 2.37. The third-order valence-corrected chi connectivity index (χ3v) is 3.93. The minimum absolute atomic E-state index is 0.180. The fraction of sp³-hybridized carbons (Fsp3) is 0.500. The molecule has 0 spiro atoms. The Labute approximate surface area is 104 Å². The molecule has 0 radical (unpaired) electrons. The van der Waals surface area contributed by atoms with E-state index in [9.17, 15) is 4.39 Å². The Kier molecular flexibility index (Phi) is 3.95. The summed E-state index contributed by atoms with van der Waals surface area (Å²) in [5.41, 5.74) is 1.02. The van der Waals surface area contributed by atoms with Crippen LogP contribution in [0.4, 0.5) is 4.39 Å². The maximum atomic E-state index is 13.4. The highest BCUT2D eigenvalue weighted by Gasteiger charge is 2.19. The predicted octanol–water partition coefficient (Wildman–Crippen LogP) is 2.38. The molecule has 0 aromatic heterocycles. The van der Waals surface area contributed by atoms with Crippen molar-refractivity contribution < 1.29 is 4.39 Å². The minimum atomic E-state index is -0.180. The SMILES string of the molecule is C[C@@H]1CNCCN1Cc1cccc(F)c1Br. The highest BCUT2D eigenvalue weighted by atomic mass is 79.9. The Bertz CT molecular complexity index is 370. The van der Waals surface area contributed by atoms with Crippen LogP contribution in [-0.4, -0.2) is 30.6 Å². The maximum absolute atomic E-state index is 13.4. The van der Waals surface area contributed by atoms with Gasteiger partial charge in [-0.3, -0.25) is 4.90 Å². The number of halogens is 2. The number of nitrogens with one attached hydrogen (secondary N) is 1. The van der Waals surface area contributed by atoms with E-state index >= 15 is 0 Å². The number of piperazine rings is 1. The van der Waals surface area contributed by atoms with Gasteiger partial charge in [-0.05, 0) is 34.5 Å². The number of rotatable bonds is 2. The fourth-order valence-electron chi connectivity index (χ4n) is 2.01. The van der Waals surface area contributed by atoms with Crippen molar-refractivity contribution in [2.75, 3.05) is 19.6 Å². The zero-order valence-electron chi connectivity index (χ0n) is 9.34. The van der Waals surface area contributed by atoms with Gasteiger partial charge in [0.05, 0.1) is 4.47 Å². The molecule has 0 amide bonds. The summed E-state index contributed by atoms with van der Waals surface area (Å²) in [6.07, 6.45) is 0. The van der Waals surface area contributed by atoms with E-state index < -0.39 is 0 Å². The van der Waals surface area contributed by atoms with Crippen LogP contribution in [0.2, 0.25) is 0 Å². The van der Waals surface area contributed by atoms with Crippen LogP contribution in [0.5, 0.6) is 0 Å². The van der Waals surface area contributed by atoms with Gasteiger partial charge < -0.3 is 5.32 Å². The lowest BCUT2D eigenvalue weighted by Crippen LogP contribution is -2.49. The topological polar surface area (TPSA) is 15.3 Å². The van der Waals surface area contributed by atoms with Gasteiger partial charge in [-0.1, -0.05) is 12.1 Å². The van der Waals surface area contributed by atoms with Gasteiger partial charge in [0.15, 0.2) is 0 Å². The Morgan fingerprint density at radius 1 is 1.56 bits per heavy atom. The van der Waals surface area contributed by atoms with Crippen molar-refractivity contribution in [3.63, 3.8) is 0 Å². The highest BCUT2D eigenvalue weighted by Crippen LogP contribution is 2.22. The molecule has 1 aliphatic heterocycles. The summed E-state index contributed by atoms with van der Waals surface area (Å²) in [6.45, 7) is 6.04. The molecule has 0 saturated carbocycles. The van der Waals surface area contributed by atoms with E-state index in [0.29, 0.717) is 10.5 Å². The highest BCUT2D eigenvalue weighted by molar-refractivity contribution is 9.10. The molecular weight excluding hydrogens is 271 g/mol. The monoisotopic (exact) mass is 286 g/mol. The second kappa shape index (κ2) is 5.25. The van der Waals surface area contributed by atoms with Crippen LogP contribution in [0.15, 0.2) is 22.7 Å². The first-order valence-electron chi connectivity index (χ1n) is 5.56. The predicted molar refractivity (Wildman–Crippen MR) is 66.8 cm³/mol. The molecule has 2 nitrogen and oxygen atoms in total. The molecular formula is C12H16BrFN2. The van der Waals surface area contributed by atoms with E-state index in [0.717, 1.165) is 31.7 Å². The summed E-state index contributed by atoms with van der Waals surface area (Å²) >= 11 is 3.31. The molecule has 0 unspecified atom stereocenters. The molecule has 88 valence electrons. The lowest BCUT2D eigenvalue weighted by atomic mass is 10.1. The van der Waals surface area contributed by atoms with Gasteiger partial charge in [-0.2, -0.15) is 0 Å². The number of benzene rings is 1. The second-order valence-electron chi connectivity index (χ2n) is 4.24. The van der Waals surface area contributed by atoms with Gasteiger partial charge in [0, 0.05) is 32.2 Å². The van der Waals surface area contributed by atoms with Gasteiger partial charge in [0.1, 0.15) is 5.82 Å². The van der Waals surface area contributed by atoms with E-state index in [1.807, 2.05) is 6.07 Å². The quantitative estimate of drug-likeness (QED) is 0.898. The zero-order chi connectivity index (χ0) is 11.5.